The summed E-state index contributed by atoms with van der Waals surface area (Å²) in [5.74, 6) is 0.517. The van der Waals surface area contributed by atoms with Crippen LogP contribution in [0.1, 0.15) is 25.8 Å². The van der Waals surface area contributed by atoms with Crippen LogP contribution in [0.4, 0.5) is 0 Å². The molecule has 2 N–H and O–H groups in total. The maximum Gasteiger partial charge on any atom is 0.347 e. The number of esters is 3. The van der Waals surface area contributed by atoms with E-state index in [1.54, 1.807) is 0 Å². The predicted molar refractivity (Wildman–Crippen MR) is 106 cm³/mol. The highest BCUT2D eigenvalue weighted by atomic mass is 16.6. The van der Waals surface area contributed by atoms with Crippen LogP contribution >= 0.6 is 0 Å². The lowest BCUT2D eigenvalue weighted by molar-refractivity contribution is -0.172. The highest BCUT2D eigenvalue weighted by molar-refractivity contribution is 5.75. The molecule has 0 amide bonds. The summed E-state index contributed by atoms with van der Waals surface area (Å²) in [6, 6.07) is 4.43. The van der Waals surface area contributed by atoms with Crippen molar-refractivity contribution in [3.05, 3.63) is 23.8 Å². The SMILES string of the molecule is C#CCOc1cc(OC(CC(OC(C)=O)[C@H](CO)OC(C)=O)C(=O)OC)ccc1CO. The van der Waals surface area contributed by atoms with E-state index in [4.69, 9.17) is 30.1 Å². The summed E-state index contributed by atoms with van der Waals surface area (Å²) < 4.78 is 25.9. The van der Waals surface area contributed by atoms with E-state index in [1.165, 1.54) is 18.2 Å². The number of carbonyl (C=O) groups is 3. The molecule has 1 rings (SSSR count). The Balaban J connectivity index is 3.16. The second-order valence-corrected chi connectivity index (χ2v) is 6.26. The van der Waals surface area contributed by atoms with Crippen molar-refractivity contribution >= 4 is 17.9 Å². The van der Waals surface area contributed by atoms with Gasteiger partial charge in [0.15, 0.2) is 12.2 Å². The Morgan fingerprint density at radius 3 is 2.26 bits per heavy atom. The lowest BCUT2D eigenvalue weighted by Gasteiger charge is -2.27. The van der Waals surface area contributed by atoms with Gasteiger partial charge in [-0.05, 0) is 12.1 Å². The molecular weight excluding hydrogens is 412 g/mol. The summed E-state index contributed by atoms with van der Waals surface area (Å²) in [7, 11) is 1.14. The summed E-state index contributed by atoms with van der Waals surface area (Å²) in [6.07, 6.45) is 1.20. The molecule has 10 heteroatoms. The molecular formula is C21H26O10. The number of carbonyl (C=O) groups excluding carboxylic acids is 3. The van der Waals surface area contributed by atoms with Gasteiger partial charge in [-0.15, -0.1) is 6.42 Å². The van der Waals surface area contributed by atoms with E-state index in [1.807, 2.05) is 0 Å². The molecule has 2 unspecified atom stereocenters. The zero-order valence-electron chi connectivity index (χ0n) is 17.5. The van der Waals surface area contributed by atoms with Crippen molar-refractivity contribution in [3.63, 3.8) is 0 Å². The molecule has 0 aromatic heterocycles. The van der Waals surface area contributed by atoms with E-state index in [0.717, 1.165) is 21.0 Å². The van der Waals surface area contributed by atoms with Gasteiger partial charge in [-0.3, -0.25) is 9.59 Å². The van der Waals surface area contributed by atoms with Crippen molar-refractivity contribution in [1.29, 1.82) is 0 Å². The van der Waals surface area contributed by atoms with Gasteiger partial charge in [0.25, 0.3) is 0 Å². The van der Waals surface area contributed by atoms with E-state index < -0.39 is 42.8 Å². The third-order valence-electron chi connectivity index (χ3n) is 3.94. The first-order valence-corrected chi connectivity index (χ1v) is 9.25. The lowest BCUT2D eigenvalue weighted by atomic mass is 10.1. The van der Waals surface area contributed by atoms with Gasteiger partial charge >= 0.3 is 17.9 Å². The molecule has 0 aliphatic rings. The second-order valence-electron chi connectivity index (χ2n) is 6.26. The Morgan fingerprint density at radius 2 is 1.74 bits per heavy atom. The number of ether oxygens (including phenoxy) is 5. The molecule has 0 spiro atoms. The third kappa shape index (κ3) is 8.54. The zero-order valence-corrected chi connectivity index (χ0v) is 17.5. The van der Waals surface area contributed by atoms with Gasteiger partial charge in [-0.1, -0.05) is 5.92 Å². The van der Waals surface area contributed by atoms with Crippen LogP contribution < -0.4 is 9.47 Å². The summed E-state index contributed by atoms with van der Waals surface area (Å²) in [4.78, 5) is 35.1. The molecule has 0 radical (unpaired) electrons. The molecule has 170 valence electrons. The highest BCUT2D eigenvalue weighted by Crippen LogP contribution is 2.27. The minimum absolute atomic E-state index is 0.0496. The lowest BCUT2D eigenvalue weighted by Crippen LogP contribution is -2.43. The Labute approximate surface area is 180 Å². The van der Waals surface area contributed by atoms with Crippen molar-refractivity contribution in [1.82, 2.24) is 0 Å². The maximum atomic E-state index is 12.3. The molecule has 0 saturated heterocycles. The fourth-order valence-corrected chi connectivity index (χ4v) is 2.62. The normalized spacial score (nSPS) is 13.2. The largest absolute Gasteiger partial charge is 0.480 e. The first-order valence-electron chi connectivity index (χ1n) is 9.25. The number of hydrogen-bond acceptors (Lipinski definition) is 10. The molecule has 0 aliphatic heterocycles. The van der Waals surface area contributed by atoms with E-state index >= 15 is 0 Å². The van der Waals surface area contributed by atoms with Crippen molar-refractivity contribution in [2.45, 2.75) is 45.2 Å². The van der Waals surface area contributed by atoms with Crippen LogP contribution in [0.3, 0.4) is 0 Å². The zero-order chi connectivity index (χ0) is 23.4. The van der Waals surface area contributed by atoms with Gasteiger partial charge < -0.3 is 33.9 Å². The molecule has 10 nitrogen and oxygen atoms in total. The first kappa shape index (κ1) is 25.7. The second kappa shape index (κ2) is 13.1. The molecule has 3 atom stereocenters. The molecule has 1 aromatic rings. The quantitative estimate of drug-likeness (QED) is 0.267. The van der Waals surface area contributed by atoms with Gasteiger partial charge in [0.2, 0.25) is 0 Å². The Hall–Kier alpha value is -3.29. The van der Waals surface area contributed by atoms with Gasteiger partial charge in [0.1, 0.15) is 24.2 Å². The van der Waals surface area contributed by atoms with Gasteiger partial charge in [0, 0.05) is 31.9 Å². The maximum absolute atomic E-state index is 12.3. The molecule has 0 bridgehead atoms. The predicted octanol–water partition coefficient (Wildman–Crippen LogP) is 0.357. The van der Waals surface area contributed by atoms with Gasteiger partial charge in [-0.2, -0.15) is 0 Å². The summed E-state index contributed by atoms with van der Waals surface area (Å²) in [5.41, 5.74) is 0.449. The topological polar surface area (TPSA) is 138 Å². The van der Waals surface area contributed by atoms with E-state index in [0.29, 0.717) is 5.56 Å². The fourth-order valence-electron chi connectivity index (χ4n) is 2.62. The average molecular weight is 438 g/mol. The number of terminal acetylenes is 1. The smallest absolute Gasteiger partial charge is 0.347 e. The number of rotatable bonds is 12. The van der Waals surface area contributed by atoms with Crippen molar-refractivity contribution < 1.29 is 48.3 Å². The third-order valence-corrected chi connectivity index (χ3v) is 3.94. The van der Waals surface area contributed by atoms with Crippen molar-refractivity contribution in [2.24, 2.45) is 0 Å². The Kier molecular flexibility index (Phi) is 10.9. The molecule has 0 saturated carbocycles. The van der Waals surface area contributed by atoms with Gasteiger partial charge in [0.05, 0.1) is 20.3 Å². The molecule has 0 fully saturated rings. The molecule has 31 heavy (non-hydrogen) atoms. The highest BCUT2D eigenvalue weighted by Gasteiger charge is 2.34. The Bertz CT molecular complexity index is 798. The number of aliphatic hydroxyl groups excluding tert-OH is 2. The first-order chi connectivity index (χ1) is 14.7. The molecule has 0 heterocycles. The van der Waals surface area contributed by atoms with Crippen molar-refractivity contribution in [3.8, 4) is 23.8 Å². The fraction of sp³-hybridized carbons (Fsp3) is 0.476. The average Bonchev–Trinajstić information content (AvgIpc) is 2.74. The molecule has 1 aromatic carbocycles. The van der Waals surface area contributed by atoms with Crippen LogP contribution in [-0.2, 0) is 35.2 Å². The number of hydrogen-bond donors (Lipinski definition) is 2. The van der Waals surface area contributed by atoms with E-state index in [-0.39, 0.29) is 31.1 Å². The van der Waals surface area contributed by atoms with Crippen LogP contribution in [0.5, 0.6) is 11.5 Å². The minimum Gasteiger partial charge on any atom is -0.480 e. The number of benzene rings is 1. The Morgan fingerprint density at radius 1 is 1.10 bits per heavy atom. The summed E-state index contributed by atoms with van der Waals surface area (Å²) in [6.45, 7) is 1.25. The molecule has 0 aliphatic carbocycles. The van der Waals surface area contributed by atoms with Crippen LogP contribution in [0.15, 0.2) is 18.2 Å². The van der Waals surface area contributed by atoms with E-state index in [9.17, 15) is 24.6 Å². The van der Waals surface area contributed by atoms with Crippen LogP contribution in [0.25, 0.3) is 0 Å². The number of methoxy groups -OCH3 is 1. The summed E-state index contributed by atoms with van der Waals surface area (Å²) in [5, 5.41) is 19.0. The summed E-state index contributed by atoms with van der Waals surface area (Å²) >= 11 is 0. The minimum atomic E-state index is -1.29. The standard InChI is InChI=1S/C21H26O10/c1-5-8-28-17-9-16(7-6-15(17)11-22)31-19(21(26)27-4)10-18(29-13(2)24)20(12-23)30-14(3)25/h1,6-7,9,18-20,22-23H,8,10-12H2,2-4H3/t18?,19?,20-/m0/s1. The van der Waals surface area contributed by atoms with Crippen molar-refractivity contribution in [2.75, 3.05) is 20.3 Å². The van der Waals surface area contributed by atoms with Crippen LogP contribution in [0, 0.1) is 12.3 Å². The van der Waals surface area contributed by atoms with Gasteiger partial charge in [-0.25, -0.2) is 4.79 Å². The van der Waals surface area contributed by atoms with E-state index in [2.05, 4.69) is 5.92 Å². The monoisotopic (exact) mass is 438 g/mol. The van der Waals surface area contributed by atoms with Crippen LogP contribution in [0.2, 0.25) is 0 Å². The number of aliphatic hydroxyl groups is 2. The van der Waals surface area contributed by atoms with Crippen LogP contribution in [-0.4, -0.2) is 66.8 Å².